The van der Waals surface area contributed by atoms with Crippen molar-refractivity contribution in [2.75, 3.05) is 10.6 Å². The molecule has 140 valence electrons. The Morgan fingerprint density at radius 1 is 0.926 bits per heavy atom. The third kappa shape index (κ3) is 4.97. The molecule has 3 rings (SSSR count). The van der Waals surface area contributed by atoms with Crippen LogP contribution in [-0.4, -0.2) is 9.97 Å². The molecule has 0 spiro atoms. The summed E-state index contributed by atoms with van der Waals surface area (Å²) in [6, 6.07) is 16.5. The minimum atomic E-state index is -4.36. The SMILES string of the molecule is Cc1cc(NC(C)c2ccccc2)nc(Nc2ccc(C(F)(F)F)cc2)n1. The molecule has 0 aliphatic heterocycles. The molecule has 0 saturated carbocycles. The average molecular weight is 372 g/mol. The second-order valence-corrected chi connectivity index (χ2v) is 6.19. The molecule has 1 unspecified atom stereocenters. The molecule has 2 aromatic carbocycles. The molecule has 0 saturated heterocycles. The van der Waals surface area contributed by atoms with Gasteiger partial charge in [-0.05, 0) is 43.7 Å². The van der Waals surface area contributed by atoms with Crippen molar-refractivity contribution in [3.63, 3.8) is 0 Å². The van der Waals surface area contributed by atoms with Crippen molar-refractivity contribution in [2.45, 2.75) is 26.1 Å². The number of aromatic nitrogens is 2. The van der Waals surface area contributed by atoms with Crippen LogP contribution in [0.5, 0.6) is 0 Å². The van der Waals surface area contributed by atoms with Gasteiger partial charge in [-0.25, -0.2) is 4.98 Å². The number of hydrogen-bond acceptors (Lipinski definition) is 4. The van der Waals surface area contributed by atoms with Gasteiger partial charge in [0, 0.05) is 23.5 Å². The molecule has 27 heavy (non-hydrogen) atoms. The Kier molecular flexibility index (Phi) is 5.30. The molecule has 2 N–H and O–H groups in total. The number of anilines is 3. The number of alkyl halides is 3. The van der Waals surface area contributed by atoms with Crippen molar-refractivity contribution in [3.05, 3.63) is 77.5 Å². The molecule has 1 atom stereocenters. The Bertz CT molecular complexity index is 893. The van der Waals surface area contributed by atoms with Gasteiger partial charge < -0.3 is 10.6 Å². The summed E-state index contributed by atoms with van der Waals surface area (Å²) >= 11 is 0. The summed E-state index contributed by atoms with van der Waals surface area (Å²) in [6.45, 7) is 3.85. The number of nitrogens with zero attached hydrogens (tertiary/aromatic N) is 2. The van der Waals surface area contributed by atoms with Crippen molar-refractivity contribution >= 4 is 17.5 Å². The predicted molar refractivity (Wildman–Crippen MR) is 100.0 cm³/mol. The van der Waals surface area contributed by atoms with Gasteiger partial charge >= 0.3 is 6.18 Å². The number of benzene rings is 2. The van der Waals surface area contributed by atoms with E-state index in [0.717, 1.165) is 23.4 Å². The highest BCUT2D eigenvalue weighted by atomic mass is 19.4. The highest BCUT2D eigenvalue weighted by Gasteiger charge is 2.29. The van der Waals surface area contributed by atoms with E-state index < -0.39 is 11.7 Å². The largest absolute Gasteiger partial charge is 0.416 e. The van der Waals surface area contributed by atoms with Gasteiger partial charge in [0.25, 0.3) is 0 Å². The first-order chi connectivity index (χ1) is 12.8. The maximum Gasteiger partial charge on any atom is 0.416 e. The van der Waals surface area contributed by atoms with E-state index in [1.54, 1.807) is 0 Å². The fourth-order valence-corrected chi connectivity index (χ4v) is 2.62. The third-order valence-corrected chi connectivity index (χ3v) is 3.99. The van der Waals surface area contributed by atoms with Crippen LogP contribution in [0.4, 0.5) is 30.6 Å². The van der Waals surface area contributed by atoms with Crippen LogP contribution >= 0.6 is 0 Å². The van der Waals surface area contributed by atoms with Crippen LogP contribution in [0.2, 0.25) is 0 Å². The maximum absolute atomic E-state index is 12.7. The van der Waals surface area contributed by atoms with Crippen molar-refractivity contribution in [1.82, 2.24) is 9.97 Å². The van der Waals surface area contributed by atoms with Crippen molar-refractivity contribution < 1.29 is 13.2 Å². The van der Waals surface area contributed by atoms with E-state index in [9.17, 15) is 13.2 Å². The Labute approximate surface area is 155 Å². The molecule has 0 aliphatic carbocycles. The fraction of sp³-hybridized carbons (Fsp3) is 0.200. The van der Waals surface area contributed by atoms with E-state index in [1.807, 2.05) is 50.2 Å². The van der Waals surface area contributed by atoms with Crippen LogP contribution in [0.1, 0.15) is 29.8 Å². The summed E-state index contributed by atoms with van der Waals surface area (Å²) in [5.74, 6) is 0.950. The van der Waals surface area contributed by atoms with E-state index in [0.29, 0.717) is 17.5 Å². The zero-order chi connectivity index (χ0) is 19.4. The highest BCUT2D eigenvalue weighted by Crippen LogP contribution is 2.30. The van der Waals surface area contributed by atoms with Gasteiger partial charge in [0.15, 0.2) is 0 Å². The van der Waals surface area contributed by atoms with Crippen molar-refractivity contribution in [1.29, 1.82) is 0 Å². The number of aryl methyl sites for hydroxylation is 1. The van der Waals surface area contributed by atoms with Crippen LogP contribution < -0.4 is 10.6 Å². The predicted octanol–water partition coefficient (Wildman–Crippen LogP) is 5.72. The minimum Gasteiger partial charge on any atom is -0.363 e. The Morgan fingerprint density at radius 2 is 1.59 bits per heavy atom. The number of nitrogens with one attached hydrogen (secondary N) is 2. The number of halogens is 3. The van der Waals surface area contributed by atoms with Gasteiger partial charge in [-0.3, -0.25) is 0 Å². The average Bonchev–Trinajstić information content (AvgIpc) is 2.61. The third-order valence-electron chi connectivity index (χ3n) is 3.99. The fourth-order valence-electron chi connectivity index (χ4n) is 2.62. The second-order valence-electron chi connectivity index (χ2n) is 6.19. The van der Waals surface area contributed by atoms with Crippen LogP contribution in [-0.2, 0) is 6.18 Å². The topological polar surface area (TPSA) is 49.8 Å². The minimum absolute atomic E-state index is 0.0411. The van der Waals surface area contributed by atoms with Crippen LogP contribution in [0.25, 0.3) is 0 Å². The molecule has 3 aromatic rings. The Hall–Kier alpha value is -3.09. The van der Waals surface area contributed by atoms with E-state index in [1.165, 1.54) is 12.1 Å². The molecule has 1 aromatic heterocycles. The Morgan fingerprint density at radius 3 is 2.22 bits per heavy atom. The maximum atomic E-state index is 12.7. The smallest absolute Gasteiger partial charge is 0.363 e. The summed E-state index contributed by atoms with van der Waals surface area (Å²) in [4.78, 5) is 8.71. The molecule has 0 amide bonds. The van der Waals surface area contributed by atoms with Crippen molar-refractivity contribution in [2.24, 2.45) is 0 Å². The first-order valence-electron chi connectivity index (χ1n) is 8.43. The van der Waals surface area contributed by atoms with Gasteiger partial charge in [-0.2, -0.15) is 18.2 Å². The second kappa shape index (κ2) is 7.65. The van der Waals surface area contributed by atoms with Crippen LogP contribution in [0, 0.1) is 6.92 Å². The lowest BCUT2D eigenvalue weighted by atomic mass is 10.1. The molecule has 0 bridgehead atoms. The summed E-state index contributed by atoms with van der Waals surface area (Å²) in [5, 5.41) is 6.26. The zero-order valence-electron chi connectivity index (χ0n) is 14.9. The van der Waals surface area contributed by atoms with Gasteiger partial charge in [0.1, 0.15) is 5.82 Å². The van der Waals surface area contributed by atoms with Crippen molar-refractivity contribution in [3.8, 4) is 0 Å². The summed E-state index contributed by atoms with van der Waals surface area (Å²) in [5.41, 5.74) is 1.64. The van der Waals surface area contributed by atoms with Gasteiger partial charge in [-0.15, -0.1) is 0 Å². The van der Waals surface area contributed by atoms with Gasteiger partial charge in [0.05, 0.1) is 5.56 Å². The van der Waals surface area contributed by atoms with Gasteiger partial charge in [0.2, 0.25) is 5.95 Å². The zero-order valence-corrected chi connectivity index (χ0v) is 14.9. The standard InChI is InChI=1S/C20H19F3N4/c1-13-12-18(25-14(2)15-6-4-3-5-7-15)27-19(24-13)26-17-10-8-16(9-11-17)20(21,22)23/h3-12,14H,1-2H3,(H2,24,25,26,27). The first kappa shape index (κ1) is 18.7. The lowest BCUT2D eigenvalue weighted by Gasteiger charge is -2.16. The molecule has 7 heteroatoms. The molecule has 1 heterocycles. The molecule has 0 aliphatic rings. The normalized spacial score (nSPS) is 12.5. The highest BCUT2D eigenvalue weighted by molar-refractivity contribution is 5.56. The molecular weight excluding hydrogens is 353 g/mol. The number of rotatable bonds is 5. The van der Waals surface area contributed by atoms with E-state index in [2.05, 4.69) is 20.6 Å². The van der Waals surface area contributed by atoms with E-state index in [-0.39, 0.29) is 6.04 Å². The lowest BCUT2D eigenvalue weighted by molar-refractivity contribution is -0.137. The lowest BCUT2D eigenvalue weighted by Crippen LogP contribution is -2.10. The van der Waals surface area contributed by atoms with Crippen LogP contribution in [0.15, 0.2) is 60.7 Å². The summed E-state index contributed by atoms with van der Waals surface area (Å²) < 4.78 is 38.0. The van der Waals surface area contributed by atoms with Crippen LogP contribution in [0.3, 0.4) is 0 Å². The monoisotopic (exact) mass is 372 g/mol. The van der Waals surface area contributed by atoms with E-state index >= 15 is 0 Å². The quantitative estimate of drug-likeness (QED) is 0.601. The molecular formula is C20H19F3N4. The summed E-state index contributed by atoms with van der Waals surface area (Å²) in [6.07, 6.45) is -4.36. The van der Waals surface area contributed by atoms with E-state index in [4.69, 9.17) is 0 Å². The Balaban J connectivity index is 1.75. The summed E-state index contributed by atoms with van der Waals surface area (Å²) in [7, 11) is 0. The molecule has 0 fully saturated rings. The first-order valence-corrected chi connectivity index (χ1v) is 8.43. The molecule has 4 nitrogen and oxygen atoms in total. The number of hydrogen-bond donors (Lipinski definition) is 2. The molecule has 0 radical (unpaired) electrons. The van der Waals surface area contributed by atoms with Gasteiger partial charge in [-0.1, -0.05) is 30.3 Å².